The number of H-pyrrole nitrogens is 1. The van der Waals surface area contributed by atoms with Gasteiger partial charge in [0.25, 0.3) is 0 Å². The van der Waals surface area contributed by atoms with Crippen LogP contribution in [0.15, 0.2) is 30.3 Å². The van der Waals surface area contributed by atoms with Crippen LogP contribution in [-0.4, -0.2) is 25.5 Å². The highest BCUT2D eigenvalue weighted by Crippen LogP contribution is 2.34. The van der Waals surface area contributed by atoms with Crippen molar-refractivity contribution in [3.8, 4) is 11.4 Å². The van der Waals surface area contributed by atoms with Gasteiger partial charge >= 0.3 is 5.69 Å². The summed E-state index contributed by atoms with van der Waals surface area (Å²) in [4.78, 5) is 10.2. The molecule has 2 N–H and O–H groups in total. The van der Waals surface area contributed by atoms with E-state index in [1.807, 2.05) is 25.1 Å². The van der Waals surface area contributed by atoms with Crippen LogP contribution in [0.4, 0.5) is 21.5 Å². The highest BCUT2D eigenvalue weighted by atomic mass is 127. The lowest BCUT2D eigenvalue weighted by Gasteiger charge is -2.13. The van der Waals surface area contributed by atoms with Gasteiger partial charge in [-0.3, -0.25) is 10.1 Å². The Morgan fingerprint density at radius 3 is 2.71 bits per heavy atom. The summed E-state index contributed by atoms with van der Waals surface area (Å²) in [6, 6.07) is 7.84. The number of hydrogen-bond acceptors (Lipinski definition) is 6. The fourth-order valence-corrected chi connectivity index (χ4v) is 2.83. The van der Waals surface area contributed by atoms with Crippen molar-refractivity contribution < 1.29 is 9.31 Å². The first-order valence-corrected chi connectivity index (χ1v) is 7.78. The molecular formula is C14H10FIN6O2. The van der Waals surface area contributed by atoms with E-state index in [1.165, 1.54) is 0 Å². The molecule has 8 nitrogen and oxygen atoms in total. The molecule has 0 bridgehead atoms. The second-order valence-corrected chi connectivity index (χ2v) is 6.17. The van der Waals surface area contributed by atoms with Gasteiger partial charge in [-0.1, -0.05) is 0 Å². The number of nitro benzene ring substituents is 1. The predicted molar refractivity (Wildman–Crippen MR) is 93.4 cm³/mol. The van der Waals surface area contributed by atoms with Crippen molar-refractivity contribution in [2.75, 3.05) is 5.32 Å². The molecule has 0 spiro atoms. The van der Waals surface area contributed by atoms with Gasteiger partial charge in [0.15, 0.2) is 0 Å². The van der Waals surface area contributed by atoms with E-state index in [-0.39, 0.29) is 11.4 Å². The normalized spacial score (nSPS) is 10.6. The molecule has 2 aromatic carbocycles. The summed E-state index contributed by atoms with van der Waals surface area (Å²) in [6.45, 7) is 1.90. The zero-order valence-corrected chi connectivity index (χ0v) is 14.4. The van der Waals surface area contributed by atoms with Crippen molar-refractivity contribution in [2.45, 2.75) is 6.92 Å². The van der Waals surface area contributed by atoms with Gasteiger partial charge < -0.3 is 5.32 Å². The minimum Gasteiger partial charge on any atom is -0.355 e. The third-order valence-corrected chi connectivity index (χ3v) is 4.00. The number of rotatable bonds is 4. The summed E-state index contributed by atoms with van der Waals surface area (Å²) in [6.07, 6.45) is 0. The van der Waals surface area contributed by atoms with Crippen LogP contribution in [0.25, 0.3) is 11.4 Å². The van der Waals surface area contributed by atoms with Crippen molar-refractivity contribution in [1.82, 2.24) is 20.6 Å². The molecule has 0 saturated heterocycles. The van der Waals surface area contributed by atoms with Crippen LogP contribution in [0.1, 0.15) is 5.56 Å². The SMILES string of the molecule is Cc1cc(I)ccc1Nc1cc(F)c([N+](=O)[O-])cc1-c1nn[nH]n1. The van der Waals surface area contributed by atoms with Crippen molar-refractivity contribution in [1.29, 1.82) is 0 Å². The number of tetrazole rings is 1. The van der Waals surface area contributed by atoms with E-state index < -0.39 is 16.4 Å². The van der Waals surface area contributed by atoms with Gasteiger partial charge in [-0.05, 0) is 58.5 Å². The van der Waals surface area contributed by atoms with Crippen molar-refractivity contribution in [3.63, 3.8) is 0 Å². The summed E-state index contributed by atoms with van der Waals surface area (Å²) in [5, 5.41) is 27.4. The van der Waals surface area contributed by atoms with Crippen LogP contribution in [0.3, 0.4) is 0 Å². The number of aryl methyl sites for hydroxylation is 1. The number of anilines is 2. The van der Waals surface area contributed by atoms with Gasteiger partial charge in [-0.2, -0.15) is 9.60 Å². The quantitative estimate of drug-likeness (QED) is 0.365. The Labute approximate surface area is 148 Å². The van der Waals surface area contributed by atoms with Crippen molar-refractivity contribution in [2.24, 2.45) is 0 Å². The number of hydrogen-bond donors (Lipinski definition) is 2. The number of nitrogens with zero attached hydrogens (tertiary/aromatic N) is 4. The molecule has 1 aromatic heterocycles. The van der Waals surface area contributed by atoms with Crippen LogP contribution < -0.4 is 5.32 Å². The fraction of sp³-hybridized carbons (Fsp3) is 0.0714. The number of aromatic amines is 1. The molecule has 0 amide bonds. The molecule has 24 heavy (non-hydrogen) atoms. The summed E-state index contributed by atoms with van der Waals surface area (Å²) < 4.78 is 15.1. The maximum absolute atomic E-state index is 14.0. The molecule has 0 unspecified atom stereocenters. The molecule has 0 saturated carbocycles. The van der Waals surface area contributed by atoms with Crippen LogP contribution in [0.2, 0.25) is 0 Å². The number of nitrogens with one attached hydrogen (secondary N) is 2. The van der Waals surface area contributed by atoms with E-state index in [0.29, 0.717) is 5.69 Å². The molecule has 0 aliphatic rings. The van der Waals surface area contributed by atoms with Gasteiger partial charge in [0.2, 0.25) is 11.6 Å². The minimum absolute atomic E-state index is 0.128. The first-order chi connectivity index (χ1) is 11.5. The van der Waals surface area contributed by atoms with E-state index in [2.05, 4.69) is 48.5 Å². The topological polar surface area (TPSA) is 110 Å². The van der Waals surface area contributed by atoms with Gasteiger partial charge in [0.05, 0.1) is 16.2 Å². The first kappa shape index (κ1) is 16.2. The number of nitro groups is 1. The van der Waals surface area contributed by atoms with E-state index in [0.717, 1.165) is 27.0 Å². The smallest absolute Gasteiger partial charge is 0.305 e. The third kappa shape index (κ3) is 3.18. The highest BCUT2D eigenvalue weighted by molar-refractivity contribution is 14.1. The van der Waals surface area contributed by atoms with Gasteiger partial charge in [0.1, 0.15) is 0 Å². The zero-order valence-electron chi connectivity index (χ0n) is 12.2. The first-order valence-electron chi connectivity index (χ1n) is 6.70. The fourth-order valence-electron chi connectivity index (χ4n) is 2.18. The monoisotopic (exact) mass is 440 g/mol. The molecular weight excluding hydrogens is 430 g/mol. The van der Waals surface area contributed by atoms with E-state index in [1.54, 1.807) is 0 Å². The Bertz CT molecular complexity index is 916. The second kappa shape index (κ2) is 6.47. The number of halogens is 2. The maximum Gasteiger partial charge on any atom is 0.305 e. The van der Waals surface area contributed by atoms with Crippen LogP contribution >= 0.6 is 22.6 Å². The Hall–Kier alpha value is -2.63. The predicted octanol–water partition coefficient (Wildman–Crippen LogP) is 3.57. The van der Waals surface area contributed by atoms with Crippen LogP contribution in [0, 0.1) is 26.4 Å². The lowest BCUT2D eigenvalue weighted by atomic mass is 10.1. The summed E-state index contributed by atoms with van der Waals surface area (Å²) in [5.74, 6) is -0.818. The Kier molecular flexibility index (Phi) is 4.38. The standard InChI is InChI=1S/C14H10FIN6O2/c1-7-4-8(16)2-3-11(7)17-12-6-10(15)13(22(23)24)5-9(12)14-18-20-21-19-14/h2-6,17H,1H3,(H,18,19,20,21). The summed E-state index contributed by atoms with van der Waals surface area (Å²) >= 11 is 2.19. The zero-order chi connectivity index (χ0) is 17.3. The second-order valence-electron chi connectivity index (χ2n) is 4.93. The molecule has 3 aromatic rings. The van der Waals surface area contributed by atoms with Crippen LogP contribution in [-0.2, 0) is 0 Å². The Morgan fingerprint density at radius 1 is 1.29 bits per heavy atom. The minimum atomic E-state index is -0.946. The lowest BCUT2D eigenvalue weighted by Crippen LogP contribution is -2.01. The average molecular weight is 440 g/mol. The van der Waals surface area contributed by atoms with Gasteiger partial charge in [-0.15, -0.1) is 10.2 Å². The summed E-state index contributed by atoms with van der Waals surface area (Å²) in [5.41, 5.74) is 1.62. The van der Waals surface area contributed by atoms with Gasteiger partial charge in [-0.25, -0.2) is 0 Å². The molecule has 0 atom stereocenters. The third-order valence-electron chi connectivity index (χ3n) is 3.33. The van der Waals surface area contributed by atoms with E-state index in [9.17, 15) is 14.5 Å². The average Bonchev–Trinajstić information content (AvgIpc) is 3.04. The Balaban J connectivity index is 2.12. The van der Waals surface area contributed by atoms with E-state index >= 15 is 0 Å². The van der Waals surface area contributed by atoms with Crippen LogP contribution in [0.5, 0.6) is 0 Å². The molecule has 0 radical (unpaired) electrons. The lowest BCUT2D eigenvalue weighted by molar-refractivity contribution is -0.387. The number of aromatic nitrogens is 4. The van der Waals surface area contributed by atoms with Gasteiger partial charge in [0, 0.05) is 21.4 Å². The van der Waals surface area contributed by atoms with Crippen molar-refractivity contribution in [3.05, 3.63) is 55.4 Å². The highest BCUT2D eigenvalue weighted by Gasteiger charge is 2.21. The van der Waals surface area contributed by atoms with E-state index in [4.69, 9.17) is 0 Å². The molecule has 0 aliphatic carbocycles. The largest absolute Gasteiger partial charge is 0.355 e. The molecule has 3 rings (SSSR count). The molecule has 0 fully saturated rings. The molecule has 122 valence electrons. The molecule has 10 heteroatoms. The molecule has 0 aliphatic heterocycles. The summed E-state index contributed by atoms with van der Waals surface area (Å²) in [7, 11) is 0. The number of benzene rings is 2. The molecule has 1 heterocycles. The maximum atomic E-state index is 14.0. The Morgan fingerprint density at radius 2 is 2.08 bits per heavy atom. The van der Waals surface area contributed by atoms with Crippen molar-refractivity contribution >= 4 is 39.7 Å².